The lowest BCUT2D eigenvalue weighted by Crippen LogP contribution is -2.02. The predicted octanol–water partition coefficient (Wildman–Crippen LogP) is 3.34. The second kappa shape index (κ2) is 3.91. The first-order valence-corrected chi connectivity index (χ1v) is 5.50. The van der Waals surface area contributed by atoms with Crippen molar-refractivity contribution in [2.45, 2.75) is 19.9 Å². The number of anilines is 1. The van der Waals surface area contributed by atoms with Gasteiger partial charge in [0.1, 0.15) is 0 Å². The number of imidazole rings is 1. The molecule has 1 heterocycles. The minimum atomic E-state index is 0.505. The molecule has 15 heavy (non-hydrogen) atoms. The van der Waals surface area contributed by atoms with E-state index in [1.807, 2.05) is 4.57 Å². The molecule has 0 unspecified atom stereocenters. The molecule has 0 aliphatic carbocycles. The van der Waals surface area contributed by atoms with Crippen molar-refractivity contribution in [3.8, 4) is 0 Å². The van der Waals surface area contributed by atoms with Crippen LogP contribution in [0.1, 0.15) is 13.3 Å². The summed E-state index contributed by atoms with van der Waals surface area (Å²) in [4.78, 5) is 4.23. The number of aryl methyl sites for hydroxylation is 1. The number of nitrogens with zero attached hydrogens (tertiary/aromatic N) is 2. The van der Waals surface area contributed by atoms with Gasteiger partial charge in [0.2, 0.25) is 5.95 Å². The van der Waals surface area contributed by atoms with Gasteiger partial charge in [-0.2, -0.15) is 0 Å². The topological polar surface area (TPSA) is 43.8 Å². The molecule has 2 aromatic rings. The molecule has 2 rings (SSSR count). The summed E-state index contributed by atoms with van der Waals surface area (Å²) >= 11 is 11.9. The predicted molar refractivity (Wildman–Crippen MR) is 64.5 cm³/mol. The van der Waals surface area contributed by atoms with Gasteiger partial charge < -0.3 is 10.3 Å². The molecule has 1 aromatic carbocycles. The largest absolute Gasteiger partial charge is 0.369 e. The molecule has 0 aliphatic heterocycles. The molecule has 3 nitrogen and oxygen atoms in total. The Kier molecular flexibility index (Phi) is 2.76. The molecule has 2 N–H and O–H groups in total. The highest BCUT2D eigenvalue weighted by Gasteiger charge is 2.09. The van der Waals surface area contributed by atoms with Gasteiger partial charge in [0, 0.05) is 6.54 Å². The first-order chi connectivity index (χ1) is 7.13. The Labute approximate surface area is 97.8 Å². The number of aromatic nitrogens is 2. The third-order valence-corrected chi connectivity index (χ3v) is 2.99. The van der Waals surface area contributed by atoms with Crippen LogP contribution in [0.15, 0.2) is 12.1 Å². The summed E-state index contributed by atoms with van der Waals surface area (Å²) in [5, 5.41) is 1.03. The molecule has 0 aliphatic rings. The van der Waals surface area contributed by atoms with Crippen LogP contribution in [0.25, 0.3) is 11.0 Å². The zero-order valence-corrected chi connectivity index (χ0v) is 9.81. The van der Waals surface area contributed by atoms with Gasteiger partial charge in [-0.25, -0.2) is 4.98 Å². The van der Waals surface area contributed by atoms with Gasteiger partial charge >= 0.3 is 0 Å². The van der Waals surface area contributed by atoms with E-state index < -0.39 is 0 Å². The van der Waals surface area contributed by atoms with Gasteiger partial charge in [-0.15, -0.1) is 0 Å². The van der Waals surface area contributed by atoms with Crippen LogP contribution in [0.4, 0.5) is 5.95 Å². The van der Waals surface area contributed by atoms with E-state index in [1.165, 1.54) is 0 Å². The van der Waals surface area contributed by atoms with Gasteiger partial charge in [-0.05, 0) is 18.6 Å². The first kappa shape index (κ1) is 10.6. The number of nitrogens with two attached hydrogens (primary N) is 1. The van der Waals surface area contributed by atoms with Crippen LogP contribution in [0, 0.1) is 0 Å². The maximum Gasteiger partial charge on any atom is 0.201 e. The van der Waals surface area contributed by atoms with Crippen molar-refractivity contribution in [3.05, 3.63) is 22.2 Å². The summed E-state index contributed by atoms with van der Waals surface area (Å²) in [5.41, 5.74) is 7.53. The number of fused-ring (bicyclic) bond motifs is 1. The normalized spacial score (nSPS) is 11.1. The Balaban J connectivity index is 2.70. The molecular weight excluding hydrogens is 233 g/mol. The van der Waals surface area contributed by atoms with Crippen LogP contribution in [0.2, 0.25) is 10.0 Å². The van der Waals surface area contributed by atoms with Gasteiger partial charge in [-0.1, -0.05) is 30.1 Å². The molecule has 0 fully saturated rings. The maximum atomic E-state index is 5.96. The van der Waals surface area contributed by atoms with Crippen molar-refractivity contribution in [3.63, 3.8) is 0 Å². The lowest BCUT2D eigenvalue weighted by Gasteiger charge is -2.04. The van der Waals surface area contributed by atoms with Crippen molar-refractivity contribution < 1.29 is 0 Å². The number of rotatable bonds is 2. The van der Waals surface area contributed by atoms with Crippen LogP contribution < -0.4 is 5.73 Å². The van der Waals surface area contributed by atoms with Crippen molar-refractivity contribution >= 4 is 40.2 Å². The molecule has 0 atom stereocenters. The number of benzene rings is 1. The number of hydrogen-bond donors (Lipinski definition) is 1. The minimum Gasteiger partial charge on any atom is -0.369 e. The average Bonchev–Trinajstić information content (AvgIpc) is 2.46. The fraction of sp³-hybridized carbons (Fsp3) is 0.300. The summed E-state index contributed by atoms with van der Waals surface area (Å²) in [6.07, 6.45) is 0.996. The van der Waals surface area contributed by atoms with Gasteiger partial charge in [0.15, 0.2) is 0 Å². The Hall–Kier alpha value is -0.930. The summed E-state index contributed by atoms with van der Waals surface area (Å²) < 4.78 is 1.94. The van der Waals surface area contributed by atoms with Crippen LogP contribution >= 0.6 is 23.2 Å². The van der Waals surface area contributed by atoms with E-state index in [0.717, 1.165) is 24.0 Å². The SMILES string of the molecule is CCCn1c(N)nc2cc(Cl)c(Cl)cc21. The molecule has 80 valence electrons. The second-order valence-electron chi connectivity index (χ2n) is 3.38. The van der Waals surface area contributed by atoms with E-state index in [4.69, 9.17) is 28.9 Å². The Bertz CT molecular complexity index is 505. The van der Waals surface area contributed by atoms with Crippen molar-refractivity contribution in [2.24, 2.45) is 0 Å². The van der Waals surface area contributed by atoms with E-state index in [-0.39, 0.29) is 0 Å². The molecule has 0 spiro atoms. The monoisotopic (exact) mass is 243 g/mol. The van der Waals surface area contributed by atoms with Gasteiger partial charge in [0.05, 0.1) is 21.1 Å². The van der Waals surface area contributed by atoms with Gasteiger partial charge in [-0.3, -0.25) is 0 Å². The van der Waals surface area contributed by atoms with E-state index in [0.29, 0.717) is 16.0 Å². The van der Waals surface area contributed by atoms with Crippen molar-refractivity contribution in [2.75, 3.05) is 5.73 Å². The third-order valence-electron chi connectivity index (χ3n) is 2.27. The fourth-order valence-electron chi connectivity index (χ4n) is 1.60. The van der Waals surface area contributed by atoms with Crippen LogP contribution in [0.5, 0.6) is 0 Å². The van der Waals surface area contributed by atoms with Crippen LogP contribution in [-0.4, -0.2) is 9.55 Å². The zero-order chi connectivity index (χ0) is 11.0. The first-order valence-electron chi connectivity index (χ1n) is 4.74. The molecule has 0 saturated heterocycles. The quantitative estimate of drug-likeness (QED) is 0.880. The van der Waals surface area contributed by atoms with Crippen LogP contribution in [0.3, 0.4) is 0 Å². The van der Waals surface area contributed by atoms with E-state index >= 15 is 0 Å². The van der Waals surface area contributed by atoms with Crippen LogP contribution in [-0.2, 0) is 6.54 Å². The summed E-state index contributed by atoms with van der Waals surface area (Å²) in [7, 11) is 0. The Morgan fingerprint density at radius 1 is 1.33 bits per heavy atom. The molecule has 0 amide bonds. The summed E-state index contributed by atoms with van der Waals surface area (Å²) in [5.74, 6) is 0.505. The Morgan fingerprint density at radius 2 is 2.00 bits per heavy atom. The van der Waals surface area contributed by atoms with Crippen molar-refractivity contribution in [1.29, 1.82) is 0 Å². The van der Waals surface area contributed by atoms with E-state index in [1.54, 1.807) is 12.1 Å². The Morgan fingerprint density at radius 3 is 2.67 bits per heavy atom. The number of halogens is 2. The van der Waals surface area contributed by atoms with E-state index in [9.17, 15) is 0 Å². The lowest BCUT2D eigenvalue weighted by molar-refractivity contribution is 0.707. The maximum absolute atomic E-state index is 5.96. The summed E-state index contributed by atoms with van der Waals surface area (Å²) in [6, 6.07) is 3.54. The average molecular weight is 244 g/mol. The number of hydrogen-bond acceptors (Lipinski definition) is 2. The molecular formula is C10H11Cl2N3. The van der Waals surface area contributed by atoms with E-state index in [2.05, 4.69) is 11.9 Å². The molecule has 5 heteroatoms. The van der Waals surface area contributed by atoms with Crippen molar-refractivity contribution in [1.82, 2.24) is 9.55 Å². The highest BCUT2D eigenvalue weighted by molar-refractivity contribution is 6.42. The molecule has 0 radical (unpaired) electrons. The molecule has 0 bridgehead atoms. The number of nitrogen functional groups attached to an aromatic ring is 1. The molecule has 0 saturated carbocycles. The standard InChI is InChI=1S/C10H11Cl2N3/c1-2-3-15-9-5-7(12)6(11)4-8(9)14-10(15)13/h4-5H,2-3H2,1H3,(H2,13,14). The second-order valence-corrected chi connectivity index (χ2v) is 4.19. The minimum absolute atomic E-state index is 0.505. The third kappa shape index (κ3) is 1.77. The van der Waals surface area contributed by atoms with Gasteiger partial charge in [0.25, 0.3) is 0 Å². The summed E-state index contributed by atoms with van der Waals surface area (Å²) in [6.45, 7) is 2.92. The molecule has 1 aromatic heterocycles. The lowest BCUT2D eigenvalue weighted by atomic mass is 10.3. The highest BCUT2D eigenvalue weighted by atomic mass is 35.5. The highest BCUT2D eigenvalue weighted by Crippen LogP contribution is 2.28. The fourth-order valence-corrected chi connectivity index (χ4v) is 1.91. The smallest absolute Gasteiger partial charge is 0.201 e. The zero-order valence-electron chi connectivity index (χ0n) is 8.30.